The lowest BCUT2D eigenvalue weighted by Gasteiger charge is -2.12. The number of benzene rings is 1. The van der Waals surface area contributed by atoms with E-state index < -0.39 is 35.1 Å². The standard InChI is InChI=1S/C12H7F6NO2/c13-11(14,15)6-1-7(12(16,17)18)3-8(2-6)19-9-4-10(20)21-5-9/h1-3H,4-5H2. The number of esters is 1. The molecule has 0 amide bonds. The molecule has 1 heterocycles. The number of nitrogens with zero attached hydrogens (tertiary/aromatic N) is 1. The highest BCUT2D eigenvalue weighted by atomic mass is 19.4. The first-order valence-electron chi connectivity index (χ1n) is 5.57. The van der Waals surface area contributed by atoms with Gasteiger partial charge in [0.2, 0.25) is 0 Å². The molecule has 0 bridgehead atoms. The Labute approximate surface area is 114 Å². The molecule has 0 aromatic heterocycles. The number of ether oxygens (including phenoxy) is 1. The molecule has 3 nitrogen and oxygen atoms in total. The van der Waals surface area contributed by atoms with Crippen molar-refractivity contribution in [2.75, 3.05) is 6.61 Å². The summed E-state index contributed by atoms with van der Waals surface area (Å²) in [6, 6.07) is 0.996. The summed E-state index contributed by atoms with van der Waals surface area (Å²) in [6.07, 6.45) is -10.1. The smallest absolute Gasteiger partial charge is 0.416 e. The predicted molar refractivity (Wildman–Crippen MR) is 59.1 cm³/mol. The van der Waals surface area contributed by atoms with Crippen LogP contribution >= 0.6 is 0 Å². The van der Waals surface area contributed by atoms with Crippen molar-refractivity contribution >= 4 is 17.4 Å². The van der Waals surface area contributed by atoms with Crippen LogP contribution in [0.5, 0.6) is 0 Å². The van der Waals surface area contributed by atoms with Crippen LogP contribution in [0.1, 0.15) is 17.5 Å². The molecule has 0 radical (unpaired) electrons. The Kier molecular flexibility index (Phi) is 3.68. The zero-order chi connectivity index (χ0) is 15.8. The van der Waals surface area contributed by atoms with E-state index in [-0.39, 0.29) is 24.8 Å². The number of aliphatic imine (C=N–C) groups is 1. The van der Waals surface area contributed by atoms with Crippen molar-refractivity contribution < 1.29 is 35.9 Å². The Morgan fingerprint density at radius 1 is 0.952 bits per heavy atom. The summed E-state index contributed by atoms with van der Waals surface area (Å²) in [7, 11) is 0. The summed E-state index contributed by atoms with van der Waals surface area (Å²) >= 11 is 0. The van der Waals surface area contributed by atoms with Crippen LogP contribution in [0, 0.1) is 0 Å². The van der Waals surface area contributed by atoms with Crippen molar-refractivity contribution in [3.8, 4) is 0 Å². The molecule has 114 valence electrons. The third kappa shape index (κ3) is 3.73. The van der Waals surface area contributed by atoms with Gasteiger partial charge in [0.1, 0.15) is 6.61 Å². The van der Waals surface area contributed by atoms with Crippen LogP contribution in [-0.4, -0.2) is 18.3 Å². The van der Waals surface area contributed by atoms with Gasteiger partial charge in [-0.1, -0.05) is 0 Å². The second kappa shape index (κ2) is 5.05. The Balaban J connectivity index is 2.48. The maximum absolute atomic E-state index is 12.6. The topological polar surface area (TPSA) is 38.7 Å². The van der Waals surface area contributed by atoms with Gasteiger partial charge in [0, 0.05) is 0 Å². The molecular weight excluding hydrogens is 304 g/mol. The fraction of sp³-hybridized carbons (Fsp3) is 0.333. The van der Waals surface area contributed by atoms with Crippen LogP contribution in [0.4, 0.5) is 32.0 Å². The van der Waals surface area contributed by atoms with Crippen molar-refractivity contribution in [2.24, 2.45) is 4.99 Å². The van der Waals surface area contributed by atoms with E-state index in [1.807, 2.05) is 0 Å². The summed E-state index contributed by atoms with van der Waals surface area (Å²) < 4.78 is 80.2. The number of hydrogen-bond donors (Lipinski definition) is 0. The number of cyclic esters (lactones) is 1. The average molecular weight is 311 g/mol. The van der Waals surface area contributed by atoms with Crippen LogP contribution < -0.4 is 0 Å². The molecular formula is C12H7F6NO2. The number of hydrogen-bond acceptors (Lipinski definition) is 3. The molecule has 1 fully saturated rings. The van der Waals surface area contributed by atoms with Crippen molar-refractivity contribution in [1.29, 1.82) is 0 Å². The lowest BCUT2D eigenvalue weighted by atomic mass is 10.1. The summed E-state index contributed by atoms with van der Waals surface area (Å²) in [5.74, 6) is -0.628. The highest BCUT2D eigenvalue weighted by molar-refractivity contribution is 6.05. The van der Waals surface area contributed by atoms with Crippen LogP contribution in [0.25, 0.3) is 0 Å². The van der Waals surface area contributed by atoms with E-state index in [1.165, 1.54) is 0 Å². The molecule has 1 aliphatic rings. The zero-order valence-electron chi connectivity index (χ0n) is 10.2. The zero-order valence-corrected chi connectivity index (χ0v) is 10.2. The average Bonchev–Trinajstić information content (AvgIpc) is 2.72. The molecule has 0 saturated carbocycles. The Morgan fingerprint density at radius 3 is 1.86 bits per heavy atom. The normalized spacial score (nSPS) is 18.2. The minimum atomic E-state index is -4.93. The molecule has 9 heteroatoms. The van der Waals surface area contributed by atoms with Gasteiger partial charge in [-0.25, -0.2) is 0 Å². The lowest BCUT2D eigenvalue weighted by Crippen LogP contribution is -2.10. The maximum atomic E-state index is 12.6. The number of rotatable bonds is 1. The van der Waals surface area contributed by atoms with E-state index in [0.29, 0.717) is 12.1 Å². The largest absolute Gasteiger partial charge is 0.459 e. The summed E-state index contributed by atoms with van der Waals surface area (Å²) in [5.41, 5.74) is -3.36. The Morgan fingerprint density at radius 2 is 1.48 bits per heavy atom. The molecule has 1 saturated heterocycles. The van der Waals surface area contributed by atoms with Gasteiger partial charge in [0.25, 0.3) is 0 Å². The molecule has 0 aliphatic carbocycles. The van der Waals surface area contributed by atoms with Crippen molar-refractivity contribution in [1.82, 2.24) is 0 Å². The first kappa shape index (κ1) is 15.3. The summed E-state index contributed by atoms with van der Waals surface area (Å²) in [5, 5.41) is 0. The SMILES string of the molecule is O=C1CC(=Nc2cc(C(F)(F)F)cc(C(F)(F)F)c2)CO1. The van der Waals surface area contributed by atoms with E-state index in [0.717, 1.165) is 0 Å². The fourth-order valence-electron chi connectivity index (χ4n) is 1.69. The third-order valence-corrected chi connectivity index (χ3v) is 2.61. The maximum Gasteiger partial charge on any atom is 0.416 e. The Bertz CT molecular complexity index is 570. The second-order valence-electron chi connectivity index (χ2n) is 4.28. The van der Waals surface area contributed by atoms with Gasteiger partial charge in [0.15, 0.2) is 0 Å². The van der Waals surface area contributed by atoms with Crippen molar-refractivity contribution in [3.63, 3.8) is 0 Å². The van der Waals surface area contributed by atoms with E-state index in [2.05, 4.69) is 9.73 Å². The highest BCUT2D eigenvalue weighted by Gasteiger charge is 2.37. The minimum absolute atomic E-state index is 0.0139. The third-order valence-electron chi connectivity index (χ3n) is 2.61. The lowest BCUT2D eigenvalue weighted by molar-refractivity contribution is -0.143. The highest BCUT2D eigenvalue weighted by Crippen LogP contribution is 2.38. The van der Waals surface area contributed by atoms with Gasteiger partial charge in [-0.2, -0.15) is 26.3 Å². The number of carbonyl (C=O) groups excluding carboxylic acids is 1. The van der Waals surface area contributed by atoms with E-state index >= 15 is 0 Å². The fourth-order valence-corrected chi connectivity index (χ4v) is 1.69. The van der Waals surface area contributed by atoms with Gasteiger partial charge in [0.05, 0.1) is 28.9 Å². The molecule has 1 aromatic rings. The summed E-state index contributed by atoms with van der Waals surface area (Å²) in [6.45, 7) is -0.240. The molecule has 1 aromatic carbocycles. The van der Waals surface area contributed by atoms with Gasteiger partial charge in [-0.3, -0.25) is 9.79 Å². The van der Waals surface area contributed by atoms with Crippen LogP contribution in [-0.2, 0) is 21.9 Å². The van der Waals surface area contributed by atoms with Gasteiger partial charge < -0.3 is 4.74 Å². The predicted octanol–water partition coefficient (Wildman–Crippen LogP) is 3.74. The van der Waals surface area contributed by atoms with Crippen LogP contribution in [0.3, 0.4) is 0 Å². The molecule has 1 aliphatic heterocycles. The first-order valence-corrected chi connectivity index (χ1v) is 5.57. The molecule has 0 atom stereocenters. The van der Waals surface area contributed by atoms with E-state index in [4.69, 9.17) is 0 Å². The summed E-state index contributed by atoms with van der Waals surface area (Å²) in [4.78, 5) is 14.5. The quantitative estimate of drug-likeness (QED) is 0.585. The molecule has 2 rings (SSSR count). The minimum Gasteiger partial charge on any atom is -0.459 e. The molecule has 21 heavy (non-hydrogen) atoms. The number of carbonyl (C=O) groups is 1. The van der Waals surface area contributed by atoms with E-state index in [1.54, 1.807) is 0 Å². The number of halogens is 6. The second-order valence-corrected chi connectivity index (χ2v) is 4.28. The molecule has 0 N–H and O–H groups in total. The van der Waals surface area contributed by atoms with Crippen LogP contribution in [0.2, 0.25) is 0 Å². The number of alkyl halides is 6. The molecule has 0 spiro atoms. The molecule has 0 unspecified atom stereocenters. The van der Waals surface area contributed by atoms with Gasteiger partial charge in [-0.15, -0.1) is 0 Å². The first-order chi connectivity index (χ1) is 9.55. The van der Waals surface area contributed by atoms with E-state index in [9.17, 15) is 31.1 Å². The van der Waals surface area contributed by atoms with Gasteiger partial charge >= 0.3 is 18.3 Å². The monoisotopic (exact) mass is 311 g/mol. The van der Waals surface area contributed by atoms with Gasteiger partial charge in [-0.05, 0) is 18.2 Å². The van der Waals surface area contributed by atoms with Crippen molar-refractivity contribution in [2.45, 2.75) is 18.8 Å². The Hall–Kier alpha value is -2.06. The van der Waals surface area contributed by atoms with Crippen LogP contribution in [0.15, 0.2) is 23.2 Å². The van der Waals surface area contributed by atoms with Crippen molar-refractivity contribution in [3.05, 3.63) is 29.3 Å².